The zero-order valence-electron chi connectivity index (χ0n) is 24.0. The first-order valence-electron chi connectivity index (χ1n) is 14.7. The number of hydrogen-bond acceptors (Lipinski definition) is 6. The Morgan fingerprint density at radius 1 is 0.975 bits per heavy atom. The highest BCUT2D eigenvalue weighted by atomic mass is 16.7. The normalized spacial score (nSPS) is 24.2. The SMILES string of the molecule is CC(C)C[C@H]1ON(C(=O)OCc2cccc3ccccc23)C2CN(C3CCNCC3)C(=O)[C@H](CC(C)C)N2C1=O. The van der Waals surface area contributed by atoms with Crippen LogP contribution in [0.4, 0.5) is 4.79 Å². The van der Waals surface area contributed by atoms with Gasteiger partial charge in [-0.2, -0.15) is 5.06 Å². The second-order valence-corrected chi connectivity index (χ2v) is 12.1. The smallest absolute Gasteiger partial charge is 0.436 e. The van der Waals surface area contributed by atoms with E-state index in [1.165, 1.54) is 5.06 Å². The number of ether oxygens (including phenoxy) is 1. The molecule has 0 spiro atoms. The van der Waals surface area contributed by atoms with Gasteiger partial charge < -0.3 is 19.9 Å². The van der Waals surface area contributed by atoms with Crippen molar-refractivity contribution in [2.45, 2.75) is 84.3 Å². The Morgan fingerprint density at radius 2 is 1.68 bits per heavy atom. The predicted octanol–water partition coefficient (Wildman–Crippen LogP) is 4.30. The quantitative estimate of drug-likeness (QED) is 0.553. The topological polar surface area (TPSA) is 91.4 Å². The summed E-state index contributed by atoms with van der Waals surface area (Å²) in [5.74, 6) is 0.100. The summed E-state index contributed by atoms with van der Waals surface area (Å²) in [6.07, 6.45) is 0.395. The number of carbonyl (C=O) groups is 3. The maximum absolute atomic E-state index is 13.9. The molecule has 9 heteroatoms. The third-order valence-corrected chi connectivity index (χ3v) is 8.17. The van der Waals surface area contributed by atoms with Crippen molar-refractivity contribution < 1.29 is 24.0 Å². The number of piperazine rings is 1. The van der Waals surface area contributed by atoms with Crippen molar-refractivity contribution in [3.05, 3.63) is 48.0 Å². The number of nitrogens with zero attached hydrogens (tertiary/aromatic N) is 3. The molecule has 3 fully saturated rings. The second-order valence-electron chi connectivity index (χ2n) is 12.1. The van der Waals surface area contributed by atoms with Gasteiger partial charge in [0.15, 0.2) is 12.3 Å². The van der Waals surface area contributed by atoms with Gasteiger partial charge >= 0.3 is 6.09 Å². The number of carbonyl (C=O) groups excluding carboxylic acids is 3. The highest BCUT2D eigenvalue weighted by Crippen LogP contribution is 2.34. The predicted molar refractivity (Wildman–Crippen MR) is 152 cm³/mol. The second kappa shape index (κ2) is 12.1. The molecule has 5 rings (SSSR count). The van der Waals surface area contributed by atoms with Gasteiger partial charge in [0.25, 0.3) is 5.91 Å². The maximum atomic E-state index is 13.9. The van der Waals surface area contributed by atoms with Crippen LogP contribution in [0.3, 0.4) is 0 Å². The molecule has 0 aliphatic carbocycles. The minimum atomic E-state index is -0.853. The monoisotopic (exact) mass is 550 g/mol. The Balaban J connectivity index is 1.45. The number of rotatable bonds is 7. The van der Waals surface area contributed by atoms with Gasteiger partial charge in [-0.1, -0.05) is 70.2 Å². The van der Waals surface area contributed by atoms with E-state index in [4.69, 9.17) is 9.57 Å². The van der Waals surface area contributed by atoms with Gasteiger partial charge in [0.1, 0.15) is 12.6 Å². The fourth-order valence-corrected chi connectivity index (χ4v) is 6.24. The molecule has 0 radical (unpaired) electrons. The van der Waals surface area contributed by atoms with Crippen LogP contribution in [-0.2, 0) is 25.8 Å². The Hall–Kier alpha value is -3.17. The van der Waals surface area contributed by atoms with Gasteiger partial charge in [0.05, 0.1) is 6.54 Å². The first-order chi connectivity index (χ1) is 19.2. The number of benzene rings is 2. The molecule has 1 unspecified atom stereocenters. The lowest BCUT2D eigenvalue weighted by Crippen LogP contribution is -2.74. The van der Waals surface area contributed by atoms with Gasteiger partial charge in [-0.15, -0.1) is 0 Å². The summed E-state index contributed by atoms with van der Waals surface area (Å²) in [5.41, 5.74) is 0.892. The molecular weight excluding hydrogens is 508 g/mol. The van der Waals surface area contributed by atoms with Crippen LogP contribution in [0.5, 0.6) is 0 Å². The minimum Gasteiger partial charge on any atom is -0.443 e. The fraction of sp³-hybridized carbons (Fsp3) is 0.581. The van der Waals surface area contributed by atoms with Crippen molar-refractivity contribution in [2.24, 2.45) is 11.8 Å². The van der Waals surface area contributed by atoms with Crippen LogP contribution in [0.1, 0.15) is 58.9 Å². The zero-order chi connectivity index (χ0) is 28.4. The highest BCUT2D eigenvalue weighted by Gasteiger charge is 2.54. The number of amides is 3. The standard InChI is InChI=1S/C31H42N4O5/c1-20(2)16-26-29(36)33(24-12-14-32-15-13-24)18-28-34(26)30(37)27(17-21(3)4)40-35(28)31(38)39-19-23-10-7-9-22-8-5-6-11-25(22)23/h5-11,20-21,24,26-28,32H,12-19H2,1-4H3/t26-,27+,28?/m0/s1. The lowest BCUT2D eigenvalue weighted by molar-refractivity contribution is -0.270. The van der Waals surface area contributed by atoms with E-state index in [1.54, 1.807) is 4.90 Å². The number of fused-ring (bicyclic) bond motifs is 2. The number of hydroxylamine groups is 2. The van der Waals surface area contributed by atoms with Crippen molar-refractivity contribution in [1.82, 2.24) is 20.2 Å². The molecule has 40 heavy (non-hydrogen) atoms. The summed E-state index contributed by atoms with van der Waals surface area (Å²) < 4.78 is 5.85. The molecule has 3 atom stereocenters. The largest absolute Gasteiger partial charge is 0.443 e. The van der Waals surface area contributed by atoms with Gasteiger partial charge in [0, 0.05) is 6.04 Å². The lowest BCUT2D eigenvalue weighted by Gasteiger charge is -2.54. The zero-order valence-corrected chi connectivity index (χ0v) is 24.0. The molecule has 1 N–H and O–H groups in total. The summed E-state index contributed by atoms with van der Waals surface area (Å²) in [6, 6.07) is 13.3. The van der Waals surface area contributed by atoms with Gasteiger partial charge in [-0.25, -0.2) is 4.79 Å². The van der Waals surface area contributed by atoms with E-state index >= 15 is 0 Å². The van der Waals surface area contributed by atoms with E-state index in [1.807, 2.05) is 61.2 Å². The fourth-order valence-electron chi connectivity index (χ4n) is 6.24. The van der Waals surface area contributed by atoms with Crippen LogP contribution >= 0.6 is 0 Å². The van der Waals surface area contributed by atoms with Gasteiger partial charge in [0.2, 0.25) is 5.91 Å². The molecule has 0 saturated carbocycles. The number of piperidine rings is 1. The third kappa shape index (κ3) is 5.81. The molecule has 3 amide bonds. The molecule has 3 aliphatic heterocycles. The van der Waals surface area contributed by atoms with Gasteiger partial charge in [-0.05, 0) is 66.9 Å². The van der Waals surface area contributed by atoms with E-state index in [0.717, 1.165) is 42.3 Å². The van der Waals surface area contributed by atoms with Crippen molar-refractivity contribution in [2.75, 3.05) is 19.6 Å². The first-order valence-corrected chi connectivity index (χ1v) is 14.7. The van der Waals surface area contributed by atoms with E-state index in [0.29, 0.717) is 12.8 Å². The lowest BCUT2D eigenvalue weighted by atomic mass is 9.93. The molecule has 216 valence electrons. The van der Waals surface area contributed by atoms with Crippen LogP contribution in [0.2, 0.25) is 0 Å². The van der Waals surface area contributed by atoms with Crippen molar-refractivity contribution >= 4 is 28.7 Å². The molecular formula is C31H42N4O5. The highest BCUT2D eigenvalue weighted by molar-refractivity contribution is 5.92. The molecule has 3 aliphatic rings. The van der Waals surface area contributed by atoms with E-state index < -0.39 is 24.4 Å². The number of hydrogen-bond donors (Lipinski definition) is 1. The molecule has 2 aromatic carbocycles. The van der Waals surface area contributed by atoms with Crippen molar-refractivity contribution in [1.29, 1.82) is 0 Å². The molecule has 0 bridgehead atoms. The van der Waals surface area contributed by atoms with Crippen LogP contribution in [0.25, 0.3) is 10.8 Å². The molecule has 2 aromatic rings. The minimum absolute atomic E-state index is 0.0283. The molecule has 0 aromatic heterocycles. The van der Waals surface area contributed by atoms with Crippen LogP contribution in [0, 0.1) is 11.8 Å². The molecule has 3 saturated heterocycles. The summed E-state index contributed by atoms with van der Waals surface area (Å²) in [7, 11) is 0. The Morgan fingerprint density at radius 3 is 2.40 bits per heavy atom. The van der Waals surface area contributed by atoms with Crippen LogP contribution in [-0.4, -0.2) is 76.8 Å². The van der Waals surface area contributed by atoms with E-state index in [9.17, 15) is 14.4 Å². The summed E-state index contributed by atoms with van der Waals surface area (Å²) in [4.78, 5) is 51.2. The van der Waals surface area contributed by atoms with E-state index in [2.05, 4.69) is 19.2 Å². The van der Waals surface area contributed by atoms with Crippen LogP contribution < -0.4 is 5.32 Å². The van der Waals surface area contributed by atoms with Crippen LogP contribution in [0.15, 0.2) is 42.5 Å². The van der Waals surface area contributed by atoms with Gasteiger partial charge in [-0.3, -0.25) is 14.4 Å². The van der Waals surface area contributed by atoms with E-state index in [-0.39, 0.29) is 42.8 Å². The average molecular weight is 551 g/mol. The Labute approximate surface area is 236 Å². The molecule has 3 heterocycles. The first kappa shape index (κ1) is 28.4. The Kier molecular flexibility index (Phi) is 8.61. The summed E-state index contributed by atoms with van der Waals surface area (Å²) >= 11 is 0. The molecule has 9 nitrogen and oxygen atoms in total. The Bertz CT molecular complexity index is 1220. The van der Waals surface area contributed by atoms with Crippen molar-refractivity contribution in [3.8, 4) is 0 Å². The number of nitrogens with one attached hydrogen (secondary N) is 1. The van der Waals surface area contributed by atoms with Crippen molar-refractivity contribution in [3.63, 3.8) is 0 Å². The maximum Gasteiger partial charge on any atom is 0.436 e. The summed E-state index contributed by atoms with van der Waals surface area (Å²) in [5, 5.41) is 6.69. The third-order valence-electron chi connectivity index (χ3n) is 8.17. The average Bonchev–Trinajstić information content (AvgIpc) is 2.94. The summed E-state index contributed by atoms with van der Waals surface area (Å²) in [6.45, 7) is 10.1.